The van der Waals surface area contributed by atoms with E-state index in [0.29, 0.717) is 12.8 Å². The molecule has 1 fully saturated rings. The quantitative estimate of drug-likeness (QED) is 0.641. The number of nitro groups is 1. The predicted octanol–water partition coefficient (Wildman–Crippen LogP) is 2.00. The molecule has 0 aromatic heterocycles. The molecule has 5 nitrogen and oxygen atoms in total. The van der Waals surface area contributed by atoms with Crippen molar-refractivity contribution in [3.63, 3.8) is 0 Å². The number of nitro benzene ring substituents is 1. The van der Waals surface area contributed by atoms with Gasteiger partial charge >= 0.3 is 0 Å². The van der Waals surface area contributed by atoms with Gasteiger partial charge in [-0.1, -0.05) is 12.1 Å². The molecule has 0 radical (unpaired) electrons. The van der Waals surface area contributed by atoms with Gasteiger partial charge in [-0.15, -0.1) is 0 Å². The third-order valence-electron chi connectivity index (χ3n) is 3.19. The number of benzene rings is 1. The second-order valence-corrected chi connectivity index (χ2v) is 4.23. The Morgan fingerprint density at radius 3 is 2.71 bits per heavy atom. The second kappa shape index (κ2) is 4.63. The van der Waals surface area contributed by atoms with Gasteiger partial charge < -0.3 is 5.11 Å². The monoisotopic (exact) mass is 235 g/mol. The van der Waals surface area contributed by atoms with Gasteiger partial charge in [0.15, 0.2) is 0 Å². The van der Waals surface area contributed by atoms with E-state index in [2.05, 4.69) is 0 Å². The van der Waals surface area contributed by atoms with Crippen LogP contribution in [0.2, 0.25) is 0 Å². The molecule has 0 bridgehead atoms. The molecule has 0 spiro atoms. The van der Waals surface area contributed by atoms with Gasteiger partial charge in [0.1, 0.15) is 5.78 Å². The third kappa shape index (κ3) is 2.19. The van der Waals surface area contributed by atoms with Crippen molar-refractivity contribution in [2.24, 2.45) is 5.92 Å². The first kappa shape index (κ1) is 11.7. The fourth-order valence-corrected chi connectivity index (χ4v) is 2.30. The summed E-state index contributed by atoms with van der Waals surface area (Å²) in [5.41, 5.74) is 0.109. The van der Waals surface area contributed by atoms with Gasteiger partial charge in [0.25, 0.3) is 5.69 Å². The summed E-state index contributed by atoms with van der Waals surface area (Å²) in [5.74, 6) is -0.494. The fourth-order valence-electron chi connectivity index (χ4n) is 2.30. The van der Waals surface area contributed by atoms with E-state index in [-0.39, 0.29) is 17.0 Å². The highest BCUT2D eigenvalue weighted by atomic mass is 16.6. The van der Waals surface area contributed by atoms with Gasteiger partial charge in [0, 0.05) is 18.4 Å². The van der Waals surface area contributed by atoms with E-state index in [1.165, 1.54) is 12.1 Å². The average molecular weight is 235 g/mol. The van der Waals surface area contributed by atoms with Crippen LogP contribution in [0.25, 0.3) is 0 Å². The van der Waals surface area contributed by atoms with Gasteiger partial charge in [-0.05, 0) is 18.9 Å². The first-order valence-corrected chi connectivity index (χ1v) is 5.55. The molecule has 2 atom stereocenters. The van der Waals surface area contributed by atoms with Gasteiger partial charge in [-0.25, -0.2) is 0 Å². The summed E-state index contributed by atoms with van der Waals surface area (Å²) in [4.78, 5) is 21.8. The Morgan fingerprint density at radius 2 is 2.12 bits per heavy atom. The lowest BCUT2D eigenvalue weighted by molar-refractivity contribution is -0.386. The molecule has 1 aliphatic rings. The van der Waals surface area contributed by atoms with Crippen LogP contribution in [-0.4, -0.2) is 15.8 Å². The van der Waals surface area contributed by atoms with Crippen molar-refractivity contribution in [1.82, 2.24) is 0 Å². The van der Waals surface area contributed by atoms with Gasteiger partial charge in [0.2, 0.25) is 0 Å². The van der Waals surface area contributed by atoms with Crippen molar-refractivity contribution in [3.05, 3.63) is 39.9 Å². The lowest BCUT2D eigenvalue weighted by Gasteiger charge is -2.16. The van der Waals surface area contributed by atoms with E-state index in [1.807, 2.05) is 0 Å². The highest BCUT2D eigenvalue weighted by Crippen LogP contribution is 2.36. The summed E-state index contributed by atoms with van der Waals surface area (Å²) in [6.07, 6.45) is 0.752. The Hall–Kier alpha value is -1.75. The average Bonchev–Trinajstić information content (AvgIpc) is 2.74. The number of ketones is 1. The van der Waals surface area contributed by atoms with E-state index in [9.17, 15) is 20.0 Å². The van der Waals surface area contributed by atoms with Crippen molar-refractivity contribution in [3.8, 4) is 0 Å². The maximum Gasteiger partial charge on any atom is 0.275 e. The largest absolute Gasteiger partial charge is 0.387 e. The number of hydrogen-bond donors (Lipinski definition) is 1. The molecule has 1 aromatic carbocycles. The minimum absolute atomic E-state index is 0.00403. The fraction of sp³-hybridized carbons (Fsp3) is 0.417. The van der Waals surface area contributed by atoms with Crippen LogP contribution >= 0.6 is 0 Å². The highest BCUT2D eigenvalue weighted by Gasteiger charge is 2.34. The maximum absolute atomic E-state index is 11.5. The Labute approximate surface area is 98.2 Å². The number of carbonyl (C=O) groups excluding carboxylic acids is 1. The second-order valence-electron chi connectivity index (χ2n) is 4.23. The zero-order valence-electron chi connectivity index (χ0n) is 9.20. The SMILES string of the molecule is O=C1CCC[C@H]1[C@H](O)c1ccccc1[N+](=O)[O-]. The Bertz CT molecular complexity index is 458. The van der Waals surface area contributed by atoms with Crippen LogP contribution < -0.4 is 0 Å². The third-order valence-corrected chi connectivity index (χ3v) is 3.19. The smallest absolute Gasteiger partial charge is 0.275 e. The van der Waals surface area contributed by atoms with Crippen LogP contribution in [0.4, 0.5) is 5.69 Å². The van der Waals surface area contributed by atoms with Crippen molar-refractivity contribution in [2.45, 2.75) is 25.4 Å². The van der Waals surface area contributed by atoms with Crippen molar-refractivity contribution in [1.29, 1.82) is 0 Å². The summed E-state index contributed by atoms with van der Waals surface area (Å²) in [6.45, 7) is 0. The summed E-state index contributed by atoms with van der Waals surface area (Å²) in [7, 11) is 0. The van der Waals surface area contributed by atoms with Crippen LogP contribution in [0.15, 0.2) is 24.3 Å². The van der Waals surface area contributed by atoms with E-state index in [4.69, 9.17) is 0 Å². The number of aliphatic hydroxyl groups is 1. The Kier molecular flexibility index (Phi) is 3.19. The normalized spacial score (nSPS) is 21.5. The molecule has 5 heteroatoms. The molecule has 1 aliphatic carbocycles. The van der Waals surface area contributed by atoms with E-state index in [0.717, 1.165) is 6.42 Å². The van der Waals surface area contributed by atoms with Crippen LogP contribution in [0.1, 0.15) is 30.9 Å². The number of Topliss-reactive ketones (excluding diaryl/α,β-unsaturated/α-hetero) is 1. The molecule has 0 aliphatic heterocycles. The van der Waals surface area contributed by atoms with Crippen LogP contribution in [0, 0.1) is 16.0 Å². The van der Waals surface area contributed by atoms with Crippen LogP contribution in [-0.2, 0) is 4.79 Å². The van der Waals surface area contributed by atoms with Crippen molar-refractivity contribution >= 4 is 11.5 Å². The topological polar surface area (TPSA) is 80.4 Å². The Balaban J connectivity index is 2.33. The molecule has 1 aromatic rings. The predicted molar refractivity (Wildman–Crippen MR) is 60.4 cm³/mol. The first-order chi connectivity index (χ1) is 8.11. The maximum atomic E-state index is 11.5. The number of hydrogen-bond acceptors (Lipinski definition) is 4. The molecule has 0 heterocycles. The highest BCUT2D eigenvalue weighted by molar-refractivity contribution is 5.83. The van der Waals surface area contributed by atoms with E-state index >= 15 is 0 Å². The molecule has 2 rings (SSSR count). The number of rotatable bonds is 3. The van der Waals surface area contributed by atoms with Crippen LogP contribution in [0.5, 0.6) is 0 Å². The van der Waals surface area contributed by atoms with Gasteiger partial charge in [-0.3, -0.25) is 14.9 Å². The van der Waals surface area contributed by atoms with E-state index in [1.54, 1.807) is 12.1 Å². The lowest BCUT2D eigenvalue weighted by atomic mass is 9.93. The number of nitrogens with zero attached hydrogens (tertiary/aromatic N) is 1. The van der Waals surface area contributed by atoms with Gasteiger partial charge in [0.05, 0.1) is 16.6 Å². The summed E-state index contributed by atoms with van der Waals surface area (Å²) in [6, 6.07) is 6.03. The molecular formula is C12H13NO4. The molecule has 0 saturated heterocycles. The first-order valence-electron chi connectivity index (χ1n) is 5.55. The lowest BCUT2D eigenvalue weighted by Crippen LogP contribution is -2.17. The Morgan fingerprint density at radius 1 is 1.41 bits per heavy atom. The minimum atomic E-state index is -1.06. The zero-order valence-corrected chi connectivity index (χ0v) is 9.20. The number of aliphatic hydroxyl groups excluding tert-OH is 1. The zero-order chi connectivity index (χ0) is 12.4. The molecule has 90 valence electrons. The minimum Gasteiger partial charge on any atom is -0.387 e. The number of para-hydroxylation sites is 1. The molecule has 1 N–H and O–H groups in total. The van der Waals surface area contributed by atoms with Crippen molar-refractivity contribution in [2.75, 3.05) is 0 Å². The standard InChI is InChI=1S/C12H13NO4/c14-11-7-3-5-9(11)12(15)8-4-1-2-6-10(8)13(16)17/h1-2,4,6,9,12,15H,3,5,7H2/t9-,12-/m1/s1. The summed E-state index contributed by atoms with van der Waals surface area (Å²) in [5, 5.41) is 20.9. The molecule has 17 heavy (non-hydrogen) atoms. The summed E-state index contributed by atoms with van der Waals surface area (Å²) >= 11 is 0. The summed E-state index contributed by atoms with van der Waals surface area (Å²) < 4.78 is 0. The van der Waals surface area contributed by atoms with Gasteiger partial charge in [-0.2, -0.15) is 0 Å². The van der Waals surface area contributed by atoms with Crippen molar-refractivity contribution < 1.29 is 14.8 Å². The molecular weight excluding hydrogens is 222 g/mol. The molecule has 1 saturated carbocycles. The molecule has 0 unspecified atom stereocenters. The van der Waals surface area contributed by atoms with Crippen LogP contribution in [0.3, 0.4) is 0 Å². The molecule has 0 amide bonds. The van der Waals surface area contributed by atoms with E-state index < -0.39 is 16.9 Å². The number of carbonyl (C=O) groups is 1.